The fourth-order valence-corrected chi connectivity index (χ4v) is 2.07. The number of carboxylic acids is 1. The van der Waals surface area contributed by atoms with E-state index < -0.39 is 29.7 Å². The summed E-state index contributed by atoms with van der Waals surface area (Å²) < 4.78 is 0. The van der Waals surface area contributed by atoms with E-state index in [1.165, 1.54) is 26.1 Å². The van der Waals surface area contributed by atoms with E-state index in [0.29, 0.717) is 0 Å². The number of likely N-dealkylation sites (N-methyl/N-ethyl adjacent to an activating group) is 1. The Hall–Kier alpha value is -2.70. The molecule has 0 fully saturated rings. The minimum Gasteiger partial charge on any atom is -0.478 e. The predicted molar refractivity (Wildman–Crippen MR) is 67.4 cm³/mol. The minimum absolute atomic E-state index is 0.00523. The molecule has 1 unspecified atom stereocenters. The van der Waals surface area contributed by atoms with Crippen molar-refractivity contribution in [3.05, 3.63) is 34.9 Å². The Morgan fingerprint density at radius 2 is 1.80 bits per heavy atom. The second-order valence-electron chi connectivity index (χ2n) is 4.34. The molecule has 0 bridgehead atoms. The number of benzene rings is 1. The lowest BCUT2D eigenvalue weighted by molar-refractivity contribution is -0.124. The first-order chi connectivity index (χ1) is 9.38. The fourth-order valence-electron chi connectivity index (χ4n) is 2.07. The molecular formula is C13H12N2O5. The Morgan fingerprint density at radius 3 is 2.35 bits per heavy atom. The van der Waals surface area contributed by atoms with Gasteiger partial charge in [-0.3, -0.25) is 19.3 Å². The lowest BCUT2D eigenvalue weighted by Crippen LogP contribution is -2.46. The number of imide groups is 1. The van der Waals surface area contributed by atoms with Crippen LogP contribution in [0.25, 0.3) is 0 Å². The Bertz CT molecular complexity index is 638. The van der Waals surface area contributed by atoms with Gasteiger partial charge in [0, 0.05) is 7.05 Å². The van der Waals surface area contributed by atoms with Crippen LogP contribution in [-0.4, -0.2) is 46.8 Å². The molecule has 20 heavy (non-hydrogen) atoms. The number of carbonyl (C=O) groups is 4. The number of hydrogen-bond acceptors (Lipinski definition) is 4. The van der Waals surface area contributed by atoms with Gasteiger partial charge in [-0.2, -0.15) is 0 Å². The van der Waals surface area contributed by atoms with Crippen molar-refractivity contribution in [3.63, 3.8) is 0 Å². The summed E-state index contributed by atoms with van der Waals surface area (Å²) in [5.74, 6) is -2.92. The highest BCUT2D eigenvalue weighted by atomic mass is 16.4. The first-order valence-electron chi connectivity index (χ1n) is 5.85. The van der Waals surface area contributed by atoms with Gasteiger partial charge in [0.1, 0.15) is 6.04 Å². The monoisotopic (exact) mass is 276 g/mol. The number of nitrogens with one attached hydrogen (secondary N) is 1. The maximum Gasteiger partial charge on any atom is 0.335 e. The van der Waals surface area contributed by atoms with Crippen molar-refractivity contribution in [1.82, 2.24) is 10.2 Å². The molecule has 7 heteroatoms. The minimum atomic E-state index is -1.19. The lowest BCUT2D eigenvalue weighted by Gasteiger charge is -2.20. The van der Waals surface area contributed by atoms with Gasteiger partial charge in [-0.15, -0.1) is 0 Å². The molecule has 7 nitrogen and oxygen atoms in total. The summed E-state index contributed by atoms with van der Waals surface area (Å²) >= 11 is 0. The molecule has 1 aromatic carbocycles. The number of carbonyl (C=O) groups excluding carboxylic acids is 3. The summed E-state index contributed by atoms with van der Waals surface area (Å²) in [6, 6.07) is 2.73. The van der Waals surface area contributed by atoms with Crippen LogP contribution < -0.4 is 5.32 Å². The first kappa shape index (κ1) is 13.7. The predicted octanol–water partition coefficient (Wildman–Crippen LogP) is 0.115. The third-order valence-electron chi connectivity index (χ3n) is 3.18. The van der Waals surface area contributed by atoms with E-state index in [9.17, 15) is 19.2 Å². The summed E-state index contributed by atoms with van der Waals surface area (Å²) in [5.41, 5.74) is 0.0285. The number of aromatic carboxylic acids is 1. The number of amides is 3. The van der Waals surface area contributed by atoms with E-state index in [1.807, 2.05) is 0 Å². The molecule has 1 aliphatic rings. The Morgan fingerprint density at radius 1 is 1.20 bits per heavy atom. The summed E-state index contributed by atoms with van der Waals surface area (Å²) in [7, 11) is 1.40. The van der Waals surface area contributed by atoms with Crippen molar-refractivity contribution in [2.24, 2.45) is 0 Å². The standard InChI is InChI=1S/C13H12N2O5/c1-6(10(16)14-2)15-11(17)8-4-3-7(13(19)20)5-9(8)12(15)18/h3-6H,1-2H3,(H,14,16)(H,19,20). The topological polar surface area (TPSA) is 104 Å². The van der Waals surface area contributed by atoms with Gasteiger partial charge in [-0.1, -0.05) is 0 Å². The van der Waals surface area contributed by atoms with Gasteiger partial charge in [0.2, 0.25) is 5.91 Å². The van der Waals surface area contributed by atoms with E-state index in [0.717, 1.165) is 11.0 Å². The number of hydrogen-bond donors (Lipinski definition) is 2. The van der Waals surface area contributed by atoms with Gasteiger partial charge in [0.25, 0.3) is 11.8 Å². The van der Waals surface area contributed by atoms with Crippen LogP contribution in [0, 0.1) is 0 Å². The van der Waals surface area contributed by atoms with Crippen LogP contribution in [0.15, 0.2) is 18.2 Å². The van der Waals surface area contributed by atoms with Crippen LogP contribution in [0.2, 0.25) is 0 Å². The fraction of sp³-hybridized carbons (Fsp3) is 0.231. The van der Waals surface area contributed by atoms with Crippen molar-refractivity contribution < 1.29 is 24.3 Å². The van der Waals surface area contributed by atoms with Crippen LogP contribution in [0.5, 0.6) is 0 Å². The smallest absolute Gasteiger partial charge is 0.335 e. The molecule has 3 amide bonds. The summed E-state index contributed by atoms with van der Waals surface area (Å²) in [6.45, 7) is 1.43. The van der Waals surface area contributed by atoms with E-state index in [4.69, 9.17) is 5.11 Å². The summed E-state index contributed by atoms with van der Waals surface area (Å²) in [6.07, 6.45) is 0. The van der Waals surface area contributed by atoms with E-state index >= 15 is 0 Å². The zero-order valence-corrected chi connectivity index (χ0v) is 10.8. The molecule has 0 saturated heterocycles. The average molecular weight is 276 g/mol. The van der Waals surface area contributed by atoms with Gasteiger partial charge in [0.15, 0.2) is 0 Å². The molecule has 1 atom stereocenters. The van der Waals surface area contributed by atoms with Crippen molar-refractivity contribution in [2.45, 2.75) is 13.0 Å². The van der Waals surface area contributed by atoms with E-state index in [-0.39, 0.29) is 16.7 Å². The van der Waals surface area contributed by atoms with Crippen molar-refractivity contribution in [3.8, 4) is 0 Å². The molecule has 0 radical (unpaired) electrons. The summed E-state index contributed by atoms with van der Waals surface area (Å²) in [5, 5.41) is 11.3. The van der Waals surface area contributed by atoms with Crippen molar-refractivity contribution in [2.75, 3.05) is 7.05 Å². The maximum atomic E-state index is 12.2. The van der Waals surface area contributed by atoms with Crippen LogP contribution in [-0.2, 0) is 4.79 Å². The molecule has 1 aromatic rings. The highest BCUT2D eigenvalue weighted by molar-refractivity contribution is 6.23. The molecule has 104 valence electrons. The molecule has 2 N–H and O–H groups in total. The molecule has 1 heterocycles. The molecule has 0 aromatic heterocycles. The highest BCUT2D eigenvalue weighted by Crippen LogP contribution is 2.25. The Labute approximate surface area is 114 Å². The summed E-state index contributed by atoms with van der Waals surface area (Å²) in [4.78, 5) is 47.6. The highest BCUT2D eigenvalue weighted by Gasteiger charge is 2.40. The van der Waals surface area contributed by atoms with Crippen LogP contribution in [0.4, 0.5) is 0 Å². The van der Waals surface area contributed by atoms with Crippen LogP contribution in [0.1, 0.15) is 38.0 Å². The Balaban J connectivity index is 2.45. The number of rotatable bonds is 3. The van der Waals surface area contributed by atoms with E-state index in [1.54, 1.807) is 0 Å². The third kappa shape index (κ3) is 1.93. The number of carboxylic acid groups (broad SMARTS) is 1. The van der Waals surface area contributed by atoms with Gasteiger partial charge < -0.3 is 10.4 Å². The maximum absolute atomic E-state index is 12.2. The van der Waals surface area contributed by atoms with Gasteiger partial charge in [-0.25, -0.2) is 4.79 Å². The van der Waals surface area contributed by atoms with Crippen LogP contribution in [0.3, 0.4) is 0 Å². The Kier molecular flexibility index (Phi) is 3.27. The molecule has 0 saturated carbocycles. The second kappa shape index (κ2) is 4.76. The average Bonchev–Trinajstić information content (AvgIpc) is 2.68. The number of nitrogens with zero attached hydrogens (tertiary/aromatic N) is 1. The van der Waals surface area contributed by atoms with Crippen LogP contribution >= 0.6 is 0 Å². The number of fused-ring (bicyclic) bond motifs is 1. The normalized spacial score (nSPS) is 15.0. The quantitative estimate of drug-likeness (QED) is 0.763. The largest absolute Gasteiger partial charge is 0.478 e. The van der Waals surface area contributed by atoms with Gasteiger partial charge in [-0.05, 0) is 25.1 Å². The third-order valence-corrected chi connectivity index (χ3v) is 3.18. The molecular weight excluding hydrogens is 264 g/mol. The zero-order chi connectivity index (χ0) is 15.0. The first-order valence-corrected chi connectivity index (χ1v) is 5.85. The van der Waals surface area contributed by atoms with Crippen molar-refractivity contribution in [1.29, 1.82) is 0 Å². The SMILES string of the molecule is CNC(=O)C(C)N1C(=O)c2ccc(C(=O)O)cc2C1=O. The lowest BCUT2D eigenvalue weighted by atomic mass is 10.1. The van der Waals surface area contributed by atoms with Gasteiger partial charge >= 0.3 is 5.97 Å². The zero-order valence-electron chi connectivity index (χ0n) is 10.8. The molecule has 0 spiro atoms. The van der Waals surface area contributed by atoms with Gasteiger partial charge in [0.05, 0.1) is 16.7 Å². The van der Waals surface area contributed by atoms with E-state index in [2.05, 4.69) is 5.32 Å². The molecule has 2 rings (SSSR count). The van der Waals surface area contributed by atoms with Crippen molar-refractivity contribution >= 4 is 23.7 Å². The molecule has 0 aliphatic carbocycles. The second-order valence-corrected chi connectivity index (χ2v) is 4.34. The molecule has 1 aliphatic heterocycles.